The Balaban J connectivity index is 1.81. The number of hydrogen-bond donors (Lipinski definition) is 1. The van der Waals surface area contributed by atoms with Crippen molar-refractivity contribution in [3.8, 4) is 0 Å². The highest BCUT2D eigenvalue weighted by molar-refractivity contribution is 6.05. The van der Waals surface area contributed by atoms with Crippen LogP contribution in [-0.2, 0) is 14.3 Å². The van der Waals surface area contributed by atoms with E-state index >= 15 is 0 Å². The van der Waals surface area contributed by atoms with Gasteiger partial charge >= 0.3 is 0 Å². The van der Waals surface area contributed by atoms with E-state index in [0.29, 0.717) is 12.5 Å². The van der Waals surface area contributed by atoms with Gasteiger partial charge in [-0.25, -0.2) is 0 Å². The fraction of sp³-hybridized carbons (Fsp3) is 0.867. The molecule has 2 aliphatic heterocycles. The fourth-order valence-electron chi connectivity index (χ4n) is 3.14. The number of imide groups is 1. The first-order valence-corrected chi connectivity index (χ1v) is 7.88. The lowest BCUT2D eigenvalue weighted by Crippen LogP contribution is -2.44. The Morgan fingerprint density at radius 3 is 2.70 bits per heavy atom. The zero-order valence-electron chi connectivity index (χ0n) is 12.6. The minimum absolute atomic E-state index is 0.0293. The number of likely N-dealkylation sites (tertiary alicyclic amines) is 1. The number of ether oxygens (including phenoxy) is 1. The highest BCUT2D eigenvalue weighted by atomic mass is 16.5. The van der Waals surface area contributed by atoms with Gasteiger partial charge in [0.1, 0.15) is 0 Å². The molecule has 0 bridgehead atoms. The van der Waals surface area contributed by atoms with Gasteiger partial charge in [-0.2, -0.15) is 0 Å². The average Bonchev–Trinajstić information content (AvgIpc) is 3.04. The highest BCUT2D eigenvalue weighted by Crippen LogP contribution is 2.20. The number of nitrogens with zero attached hydrogens (tertiary/aromatic N) is 1. The molecule has 0 aliphatic carbocycles. The van der Waals surface area contributed by atoms with Crippen LogP contribution < -0.4 is 5.32 Å². The Morgan fingerprint density at radius 1 is 1.35 bits per heavy atom. The van der Waals surface area contributed by atoms with Gasteiger partial charge in [-0.3, -0.25) is 14.5 Å². The van der Waals surface area contributed by atoms with Crippen molar-refractivity contribution in [1.29, 1.82) is 0 Å². The molecule has 2 atom stereocenters. The Bertz CT molecular complexity index is 349. The Morgan fingerprint density at radius 2 is 2.10 bits per heavy atom. The van der Waals surface area contributed by atoms with Crippen molar-refractivity contribution in [3.63, 3.8) is 0 Å². The summed E-state index contributed by atoms with van der Waals surface area (Å²) in [6.07, 6.45) is 5.45. The minimum Gasteiger partial charge on any atom is -0.378 e. The van der Waals surface area contributed by atoms with Crippen LogP contribution in [0.25, 0.3) is 0 Å². The number of nitrogens with one attached hydrogen (secondary N) is 1. The molecule has 2 rings (SSSR count). The van der Waals surface area contributed by atoms with E-state index in [0.717, 1.165) is 45.3 Å². The molecule has 5 heteroatoms. The topological polar surface area (TPSA) is 58.6 Å². The van der Waals surface area contributed by atoms with Crippen molar-refractivity contribution in [1.82, 2.24) is 10.2 Å². The molecule has 20 heavy (non-hydrogen) atoms. The second-order valence-electron chi connectivity index (χ2n) is 5.71. The molecule has 2 unspecified atom stereocenters. The number of carbonyl (C=O) groups is 2. The summed E-state index contributed by atoms with van der Waals surface area (Å²) in [6.45, 7) is 5.64. The third kappa shape index (κ3) is 3.38. The molecule has 2 fully saturated rings. The van der Waals surface area contributed by atoms with E-state index < -0.39 is 0 Å². The first-order chi connectivity index (χ1) is 9.67. The fourth-order valence-corrected chi connectivity index (χ4v) is 3.14. The number of carbonyl (C=O) groups excluding carboxylic acids is 2. The Kier molecular flexibility index (Phi) is 5.54. The summed E-state index contributed by atoms with van der Waals surface area (Å²) in [7, 11) is 0. The summed E-state index contributed by atoms with van der Waals surface area (Å²) >= 11 is 0. The molecule has 2 amide bonds. The lowest BCUT2D eigenvalue weighted by atomic mass is 10.1. The van der Waals surface area contributed by atoms with Crippen molar-refractivity contribution >= 4 is 11.8 Å². The molecule has 0 radical (unpaired) electrons. The van der Waals surface area contributed by atoms with Gasteiger partial charge in [-0.05, 0) is 38.6 Å². The molecule has 0 aromatic rings. The van der Waals surface area contributed by atoms with Gasteiger partial charge in [0.2, 0.25) is 11.8 Å². The lowest BCUT2D eigenvalue weighted by molar-refractivity contribution is -0.141. The predicted molar refractivity (Wildman–Crippen MR) is 76.2 cm³/mol. The molecule has 0 saturated carbocycles. The van der Waals surface area contributed by atoms with Crippen LogP contribution in [-0.4, -0.2) is 48.1 Å². The number of amides is 2. The lowest BCUT2D eigenvalue weighted by Gasteiger charge is -2.24. The predicted octanol–water partition coefficient (Wildman–Crippen LogP) is 1.46. The van der Waals surface area contributed by atoms with Crippen molar-refractivity contribution in [2.24, 2.45) is 0 Å². The van der Waals surface area contributed by atoms with Crippen molar-refractivity contribution < 1.29 is 14.3 Å². The monoisotopic (exact) mass is 282 g/mol. The Labute approximate surface area is 121 Å². The molecule has 2 heterocycles. The normalized spacial score (nSPS) is 27.1. The van der Waals surface area contributed by atoms with Gasteiger partial charge in [-0.1, -0.05) is 13.8 Å². The molecular weight excluding hydrogens is 256 g/mol. The molecule has 0 aromatic heterocycles. The molecule has 0 aromatic carbocycles. The van der Waals surface area contributed by atoms with E-state index in [9.17, 15) is 9.59 Å². The van der Waals surface area contributed by atoms with Gasteiger partial charge in [0, 0.05) is 12.6 Å². The average molecular weight is 282 g/mol. The van der Waals surface area contributed by atoms with Crippen LogP contribution >= 0.6 is 0 Å². The van der Waals surface area contributed by atoms with Crippen LogP contribution in [0, 0.1) is 0 Å². The molecule has 114 valence electrons. The van der Waals surface area contributed by atoms with Crippen LogP contribution in [0.15, 0.2) is 0 Å². The summed E-state index contributed by atoms with van der Waals surface area (Å²) in [5.41, 5.74) is 0. The van der Waals surface area contributed by atoms with E-state index in [2.05, 4.69) is 5.32 Å². The molecule has 2 aliphatic rings. The maximum atomic E-state index is 12.3. The third-order valence-electron chi connectivity index (χ3n) is 4.37. The van der Waals surface area contributed by atoms with Gasteiger partial charge in [-0.15, -0.1) is 0 Å². The van der Waals surface area contributed by atoms with Crippen molar-refractivity contribution in [3.05, 3.63) is 0 Å². The third-order valence-corrected chi connectivity index (χ3v) is 4.37. The second kappa shape index (κ2) is 7.18. The number of rotatable bonds is 7. The molecule has 5 nitrogen and oxygen atoms in total. The van der Waals surface area contributed by atoms with Crippen molar-refractivity contribution in [2.45, 2.75) is 70.6 Å². The van der Waals surface area contributed by atoms with E-state index in [1.165, 1.54) is 4.90 Å². The highest BCUT2D eigenvalue weighted by Gasteiger charge is 2.40. The summed E-state index contributed by atoms with van der Waals surface area (Å²) in [5, 5.41) is 3.23. The quantitative estimate of drug-likeness (QED) is 0.718. The standard InChI is InChI=1S/C15H26N2O3/c1-3-11(4-2)17-14(18)10-13(15(17)19)16-8-7-12-6-5-9-20-12/h11-13,16H,3-10H2,1-2H3. The van der Waals surface area contributed by atoms with Crippen LogP contribution in [0.1, 0.15) is 52.4 Å². The zero-order chi connectivity index (χ0) is 14.5. The molecule has 0 spiro atoms. The first kappa shape index (κ1) is 15.4. The summed E-state index contributed by atoms with van der Waals surface area (Å²) in [6, 6.07) is -0.274. The molecule has 2 saturated heterocycles. The van der Waals surface area contributed by atoms with Gasteiger partial charge < -0.3 is 10.1 Å². The maximum Gasteiger partial charge on any atom is 0.247 e. The van der Waals surface area contributed by atoms with Crippen LogP contribution in [0.5, 0.6) is 0 Å². The first-order valence-electron chi connectivity index (χ1n) is 7.88. The van der Waals surface area contributed by atoms with Crippen molar-refractivity contribution in [2.75, 3.05) is 13.2 Å². The summed E-state index contributed by atoms with van der Waals surface area (Å²) < 4.78 is 5.56. The smallest absolute Gasteiger partial charge is 0.247 e. The van der Waals surface area contributed by atoms with Gasteiger partial charge in [0.15, 0.2) is 0 Å². The van der Waals surface area contributed by atoms with E-state index in [1.807, 2.05) is 13.8 Å². The Hall–Kier alpha value is -0.940. The maximum absolute atomic E-state index is 12.3. The summed E-state index contributed by atoms with van der Waals surface area (Å²) in [4.78, 5) is 25.8. The SMILES string of the molecule is CCC(CC)N1C(=O)CC(NCCC2CCCO2)C1=O. The second-order valence-corrected chi connectivity index (χ2v) is 5.71. The molecule has 1 N–H and O–H groups in total. The number of hydrogen-bond acceptors (Lipinski definition) is 4. The summed E-state index contributed by atoms with van der Waals surface area (Å²) in [5.74, 6) is -0.0747. The largest absolute Gasteiger partial charge is 0.378 e. The van der Waals surface area contributed by atoms with E-state index in [1.54, 1.807) is 0 Å². The van der Waals surface area contributed by atoms with E-state index in [4.69, 9.17) is 4.74 Å². The molecular formula is C15H26N2O3. The van der Waals surface area contributed by atoms with Crippen LogP contribution in [0.3, 0.4) is 0 Å². The van der Waals surface area contributed by atoms with Crippen LogP contribution in [0.4, 0.5) is 0 Å². The van der Waals surface area contributed by atoms with Crippen LogP contribution in [0.2, 0.25) is 0 Å². The van der Waals surface area contributed by atoms with E-state index in [-0.39, 0.29) is 23.9 Å². The zero-order valence-corrected chi connectivity index (χ0v) is 12.6. The van der Waals surface area contributed by atoms with Gasteiger partial charge in [0.25, 0.3) is 0 Å². The van der Waals surface area contributed by atoms with Gasteiger partial charge in [0.05, 0.1) is 18.6 Å². The minimum atomic E-state index is -0.329.